The summed E-state index contributed by atoms with van der Waals surface area (Å²) in [6.07, 6.45) is 1.15. The number of benzene rings is 2. The van der Waals surface area contributed by atoms with Crippen molar-refractivity contribution >= 4 is 21.5 Å². The van der Waals surface area contributed by atoms with Crippen molar-refractivity contribution in [3.05, 3.63) is 71.3 Å². The number of aryl methyl sites for hydroxylation is 1. The van der Waals surface area contributed by atoms with E-state index in [0.717, 1.165) is 18.9 Å². The summed E-state index contributed by atoms with van der Waals surface area (Å²) in [4.78, 5) is 11.5. The smallest absolute Gasteiger partial charge is 0.351 e. The standard InChI is InChI=1S/C17H17NO4S/c1-13-8-10-15(11-9-13)23(20,21)16(17(19)22-2)12-18-14-6-4-3-5-7-14/h3-12,18H,1-2H3/b16-12+. The highest BCUT2D eigenvalue weighted by Crippen LogP contribution is 2.21. The Balaban J connectivity index is 2.41. The van der Waals surface area contributed by atoms with Crippen LogP contribution in [-0.2, 0) is 19.4 Å². The third-order valence-corrected chi connectivity index (χ3v) is 4.91. The minimum Gasteiger partial charge on any atom is -0.465 e. The van der Waals surface area contributed by atoms with Crippen molar-refractivity contribution in [3.63, 3.8) is 0 Å². The van der Waals surface area contributed by atoms with Crippen molar-refractivity contribution in [3.8, 4) is 0 Å². The first-order valence-electron chi connectivity index (χ1n) is 6.87. The number of anilines is 1. The Bertz CT molecular complexity index is 809. The molecule has 0 spiro atoms. The molecule has 5 nitrogen and oxygen atoms in total. The van der Waals surface area contributed by atoms with Gasteiger partial charge in [0.2, 0.25) is 9.84 Å². The molecular weight excluding hydrogens is 314 g/mol. The number of carbonyl (C=O) groups is 1. The van der Waals surface area contributed by atoms with Gasteiger partial charge in [0, 0.05) is 11.9 Å². The molecule has 2 rings (SSSR count). The quantitative estimate of drug-likeness (QED) is 0.674. The van der Waals surface area contributed by atoms with Crippen LogP contribution in [0.4, 0.5) is 5.69 Å². The van der Waals surface area contributed by atoms with Gasteiger partial charge in [-0.05, 0) is 31.2 Å². The first-order chi connectivity index (χ1) is 10.9. The van der Waals surface area contributed by atoms with Crippen LogP contribution in [0, 0.1) is 6.92 Å². The molecule has 0 fully saturated rings. The zero-order valence-electron chi connectivity index (χ0n) is 12.8. The minimum absolute atomic E-state index is 0.0367. The number of hydrogen-bond acceptors (Lipinski definition) is 5. The van der Waals surface area contributed by atoms with Crippen molar-refractivity contribution in [2.24, 2.45) is 0 Å². The van der Waals surface area contributed by atoms with Crippen LogP contribution in [0.2, 0.25) is 0 Å². The van der Waals surface area contributed by atoms with Crippen molar-refractivity contribution in [1.82, 2.24) is 0 Å². The van der Waals surface area contributed by atoms with Crippen LogP contribution >= 0.6 is 0 Å². The van der Waals surface area contributed by atoms with Gasteiger partial charge in [-0.15, -0.1) is 0 Å². The van der Waals surface area contributed by atoms with E-state index in [1.54, 1.807) is 36.4 Å². The molecule has 0 heterocycles. The number of nitrogens with one attached hydrogen (secondary N) is 1. The van der Waals surface area contributed by atoms with Crippen molar-refractivity contribution in [2.75, 3.05) is 12.4 Å². The SMILES string of the molecule is COC(=O)/C(=C\Nc1ccccc1)S(=O)(=O)c1ccc(C)cc1. The third kappa shape index (κ3) is 3.98. The second-order valence-corrected chi connectivity index (χ2v) is 6.75. The molecule has 2 aromatic rings. The normalized spacial score (nSPS) is 11.8. The summed E-state index contributed by atoms with van der Waals surface area (Å²) in [5.74, 6) is -0.922. The summed E-state index contributed by atoms with van der Waals surface area (Å²) in [5.41, 5.74) is 1.59. The molecule has 0 saturated heterocycles. The van der Waals surface area contributed by atoms with E-state index in [0.29, 0.717) is 5.69 Å². The summed E-state index contributed by atoms with van der Waals surface area (Å²) < 4.78 is 29.9. The molecule has 23 heavy (non-hydrogen) atoms. The van der Waals surface area contributed by atoms with Crippen molar-refractivity contribution in [1.29, 1.82) is 0 Å². The molecule has 0 aliphatic carbocycles. The lowest BCUT2D eigenvalue weighted by atomic mass is 10.2. The summed E-state index contributed by atoms with van der Waals surface area (Å²) in [6.45, 7) is 1.85. The Kier molecular flexibility index (Phi) is 5.18. The maximum atomic E-state index is 12.7. The summed E-state index contributed by atoms with van der Waals surface area (Å²) in [7, 11) is -2.83. The zero-order valence-corrected chi connectivity index (χ0v) is 13.6. The van der Waals surface area contributed by atoms with Gasteiger partial charge in [0.05, 0.1) is 12.0 Å². The summed E-state index contributed by atoms with van der Waals surface area (Å²) >= 11 is 0. The maximum absolute atomic E-state index is 12.7. The number of methoxy groups -OCH3 is 1. The topological polar surface area (TPSA) is 72.5 Å². The fourth-order valence-corrected chi connectivity index (χ4v) is 3.14. The van der Waals surface area contributed by atoms with E-state index in [1.165, 1.54) is 12.1 Å². The molecule has 2 aromatic carbocycles. The maximum Gasteiger partial charge on any atom is 0.351 e. The van der Waals surface area contributed by atoms with Crippen LogP contribution in [0.1, 0.15) is 5.56 Å². The monoisotopic (exact) mass is 331 g/mol. The minimum atomic E-state index is -3.98. The number of rotatable bonds is 5. The number of para-hydroxylation sites is 1. The van der Waals surface area contributed by atoms with Crippen LogP contribution in [0.25, 0.3) is 0 Å². The number of carbonyl (C=O) groups excluding carboxylic acids is 1. The third-order valence-electron chi connectivity index (χ3n) is 3.15. The Labute approximate surface area is 135 Å². The highest BCUT2D eigenvalue weighted by Gasteiger charge is 2.27. The number of sulfone groups is 1. The summed E-state index contributed by atoms with van der Waals surface area (Å²) in [5, 5.41) is 2.81. The Morgan fingerprint density at radius 3 is 2.22 bits per heavy atom. The van der Waals surface area contributed by atoms with Crippen molar-refractivity contribution in [2.45, 2.75) is 11.8 Å². The van der Waals surface area contributed by atoms with Crippen LogP contribution in [0.5, 0.6) is 0 Å². The molecular formula is C17H17NO4S. The molecule has 0 unspecified atom stereocenters. The van der Waals surface area contributed by atoms with Gasteiger partial charge in [-0.25, -0.2) is 13.2 Å². The average Bonchev–Trinajstić information content (AvgIpc) is 2.56. The number of ether oxygens (including phenoxy) is 1. The number of hydrogen-bond donors (Lipinski definition) is 1. The number of esters is 1. The lowest BCUT2D eigenvalue weighted by molar-refractivity contribution is -0.135. The predicted molar refractivity (Wildman–Crippen MR) is 88.5 cm³/mol. The molecule has 0 amide bonds. The first kappa shape index (κ1) is 16.8. The van der Waals surface area contributed by atoms with E-state index in [4.69, 9.17) is 0 Å². The fraction of sp³-hybridized carbons (Fsp3) is 0.118. The second kappa shape index (κ2) is 7.11. The Hall–Kier alpha value is -2.60. The molecule has 1 N–H and O–H groups in total. The van der Waals surface area contributed by atoms with E-state index in [9.17, 15) is 13.2 Å². The van der Waals surface area contributed by atoms with Gasteiger partial charge >= 0.3 is 5.97 Å². The van der Waals surface area contributed by atoms with Gasteiger partial charge in [-0.2, -0.15) is 0 Å². The molecule has 0 aromatic heterocycles. The largest absolute Gasteiger partial charge is 0.465 e. The fourth-order valence-electron chi connectivity index (χ4n) is 1.87. The van der Waals surface area contributed by atoms with E-state index in [2.05, 4.69) is 10.1 Å². The van der Waals surface area contributed by atoms with Crippen LogP contribution in [0.3, 0.4) is 0 Å². The van der Waals surface area contributed by atoms with Gasteiger partial charge in [-0.3, -0.25) is 0 Å². The Morgan fingerprint density at radius 1 is 1.04 bits per heavy atom. The summed E-state index contributed by atoms with van der Waals surface area (Å²) in [6, 6.07) is 15.2. The molecule has 0 aliphatic rings. The van der Waals surface area contributed by atoms with Crippen LogP contribution in [0.15, 0.2) is 70.6 Å². The van der Waals surface area contributed by atoms with Gasteiger partial charge in [-0.1, -0.05) is 35.9 Å². The highest BCUT2D eigenvalue weighted by molar-refractivity contribution is 7.96. The van der Waals surface area contributed by atoms with Gasteiger partial charge in [0.15, 0.2) is 4.91 Å². The molecule has 0 saturated carbocycles. The van der Waals surface area contributed by atoms with E-state index >= 15 is 0 Å². The Morgan fingerprint density at radius 2 is 1.65 bits per heavy atom. The van der Waals surface area contributed by atoms with E-state index in [-0.39, 0.29) is 4.90 Å². The lowest BCUT2D eigenvalue weighted by Gasteiger charge is -2.09. The van der Waals surface area contributed by atoms with Gasteiger partial charge in [0.25, 0.3) is 0 Å². The van der Waals surface area contributed by atoms with E-state index < -0.39 is 20.7 Å². The second-order valence-electron chi connectivity index (χ2n) is 4.83. The lowest BCUT2D eigenvalue weighted by Crippen LogP contribution is -2.17. The van der Waals surface area contributed by atoms with Gasteiger partial charge in [0.1, 0.15) is 0 Å². The molecule has 120 valence electrons. The predicted octanol–water partition coefficient (Wildman–Crippen LogP) is 2.90. The van der Waals surface area contributed by atoms with Gasteiger partial charge < -0.3 is 10.1 Å². The molecule has 0 radical (unpaired) electrons. The molecule has 0 atom stereocenters. The van der Waals surface area contributed by atoms with E-state index in [1.807, 2.05) is 13.0 Å². The van der Waals surface area contributed by atoms with Crippen LogP contribution < -0.4 is 5.32 Å². The average molecular weight is 331 g/mol. The molecule has 0 bridgehead atoms. The van der Waals surface area contributed by atoms with Crippen LogP contribution in [-0.4, -0.2) is 21.5 Å². The molecule has 0 aliphatic heterocycles. The zero-order chi connectivity index (χ0) is 16.9. The van der Waals surface area contributed by atoms with Crippen molar-refractivity contribution < 1.29 is 17.9 Å². The molecule has 6 heteroatoms. The highest BCUT2D eigenvalue weighted by atomic mass is 32.2. The first-order valence-corrected chi connectivity index (χ1v) is 8.35.